The molecule has 0 heterocycles. The van der Waals surface area contributed by atoms with E-state index in [4.69, 9.17) is 5.73 Å². The molecule has 0 rings (SSSR count). The van der Waals surface area contributed by atoms with Crippen molar-refractivity contribution in [1.29, 1.82) is 0 Å². The summed E-state index contributed by atoms with van der Waals surface area (Å²) in [6.45, 7) is 6.51. The number of nitrogens with two attached hydrogens (primary N) is 1. The second kappa shape index (κ2) is 4.37. The van der Waals surface area contributed by atoms with E-state index in [9.17, 15) is 9.59 Å². The van der Waals surface area contributed by atoms with Crippen LogP contribution < -0.4 is 11.1 Å². The van der Waals surface area contributed by atoms with Gasteiger partial charge < -0.3 is 11.1 Å². The van der Waals surface area contributed by atoms with Crippen LogP contribution in [0.1, 0.15) is 34.1 Å². The highest BCUT2D eigenvalue weighted by Gasteiger charge is 2.25. The van der Waals surface area contributed by atoms with Gasteiger partial charge in [0.2, 0.25) is 5.91 Å². The molecule has 1 amide bonds. The molecule has 0 aliphatic carbocycles. The molecule has 0 aliphatic heterocycles. The number of hydrogen-bond acceptors (Lipinski definition) is 3. The molecular formula is C9H18N2O2. The van der Waals surface area contributed by atoms with Crippen LogP contribution in [0.15, 0.2) is 0 Å². The standard InChI is InChI=1S/C9H18N2O2/c1-5-7(6(2)12)11-8(13)9(3,4)10/h7H,5,10H2,1-4H3,(H,11,13)/t7-/m1/s1. The Morgan fingerprint density at radius 1 is 1.46 bits per heavy atom. The maximum Gasteiger partial charge on any atom is 0.240 e. The molecule has 0 bridgehead atoms. The highest BCUT2D eigenvalue weighted by Crippen LogP contribution is 1.99. The van der Waals surface area contributed by atoms with Crippen molar-refractivity contribution in [2.45, 2.75) is 45.7 Å². The van der Waals surface area contributed by atoms with Gasteiger partial charge >= 0.3 is 0 Å². The Morgan fingerprint density at radius 3 is 2.15 bits per heavy atom. The summed E-state index contributed by atoms with van der Waals surface area (Å²) in [5.74, 6) is -0.338. The Labute approximate surface area is 78.9 Å². The minimum atomic E-state index is -0.928. The second-order valence-electron chi connectivity index (χ2n) is 3.77. The van der Waals surface area contributed by atoms with Crippen LogP contribution in [0, 0.1) is 0 Å². The quantitative estimate of drug-likeness (QED) is 0.659. The average Bonchev–Trinajstić information content (AvgIpc) is 1.96. The Bertz CT molecular complexity index is 206. The lowest BCUT2D eigenvalue weighted by Crippen LogP contribution is -2.53. The molecule has 0 radical (unpaired) electrons. The summed E-state index contributed by atoms with van der Waals surface area (Å²) in [7, 11) is 0. The van der Waals surface area contributed by atoms with Crippen molar-refractivity contribution in [2.24, 2.45) is 5.73 Å². The minimum absolute atomic E-state index is 0.0416. The van der Waals surface area contributed by atoms with Gasteiger partial charge in [0.15, 0.2) is 5.78 Å². The summed E-state index contributed by atoms with van der Waals surface area (Å²) in [5.41, 5.74) is 4.63. The van der Waals surface area contributed by atoms with Gasteiger partial charge in [-0.25, -0.2) is 0 Å². The highest BCUT2D eigenvalue weighted by atomic mass is 16.2. The lowest BCUT2D eigenvalue weighted by Gasteiger charge is -2.21. The second-order valence-corrected chi connectivity index (χ2v) is 3.77. The maximum absolute atomic E-state index is 11.4. The largest absolute Gasteiger partial charge is 0.345 e. The molecule has 3 N–H and O–H groups in total. The average molecular weight is 186 g/mol. The third kappa shape index (κ3) is 4.03. The van der Waals surface area contributed by atoms with E-state index in [1.165, 1.54) is 6.92 Å². The predicted molar refractivity (Wildman–Crippen MR) is 51.2 cm³/mol. The number of nitrogens with one attached hydrogen (secondary N) is 1. The van der Waals surface area contributed by atoms with Gasteiger partial charge in [-0.15, -0.1) is 0 Å². The Balaban J connectivity index is 4.26. The van der Waals surface area contributed by atoms with Crippen molar-refractivity contribution in [1.82, 2.24) is 5.32 Å². The summed E-state index contributed by atoms with van der Waals surface area (Å²) >= 11 is 0. The van der Waals surface area contributed by atoms with Crippen LogP contribution in [0.25, 0.3) is 0 Å². The Hall–Kier alpha value is -0.900. The topological polar surface area (TPSA) is 72.2 Å². The summed E-state index contributed by atoms with van der Waals surface area (Å²) in [5, 5.41) is 2.59. The molecule has 1 atom stereocenters. The fourth-order valence-electron chi connectivity index (χ4n) is 0.835. The zero-order chi connectivity index (χ0) is 10.6. The summed E-state index contributed by atoms with van der Waals surface area (Å²) in [6.07, 6.45) is 0.594. The normalized spacial score (nSPS) is 13.6. The summed E-state index contributed by atoms with van der Waals surface area (Å²) < 4.78 is 0. The third-order valence-corrected chi connectivity index (χ3v) is 1.79. The van der Waals surface area contributed by atoms with Crippen LogP contribution in [-0.4, -0.2) is 23.3 Å². The van der Waals surface area contributed by atoms with E-state index in [1.54, 1.807) is 13.8 Å². The van der Waals surface area contributed by atoms with Crippen LogP contribution in [0.2, 0.25) is 0 Å². The molecule has 0 aromatic carbocycles. The molecule has 0 aromatic heterocycles. The van der Waals surface area contributed by atoms with Crippen LogP contribution in [0.3, 0.4) is 0 Å². The van der Waals surface area contributed by atoms with Gasteiger partial charge in [-0.05, 0) is 27.2 Å². The molecule has 13 heavy (non-hydrogen) atoms. The van der Waals surface area contributed by atoms with E-state index < -0.39 is 11.6 Å². The van der Waals surface area contributed by atoms with Crippen molar-refractivity contribution >= 4 is 11.7 Å². The fourth-order valence-corrected chi connectivity index (χ4v) is 0.835. The first-order valence-corrected chi connectivity index (χ1v) is 4.39. The van der Waals surface area contributed by atoms with Gasteiger partial charge in [-0.1, -0.05) is 6.92 Å². The van der Waals surface area contributed by atoms with Crippen molar-refractivity contribution < 1.29 is 9.59 Å². The Morgan fingerprint density at radius 2 is 1.92 bits per heavy atom. The van der Waals surface area contributed by atoms with Crippen LogP contribution in [-0.2, 0) is 9.59 Å². The number of ketones is 1. The molecule has 0 spiro atoms. The zero-order valence-electron chi connectivity index (χ0n) is 8.68. The molecule has 0 saturated heterocycles. The first-order valence-electron chi connectivity index (χ1n) is 4.39. The molecule has 4 nitrogen and oxygen atoms in total. The van der Waals surface area contributed by atoms with Crippen molar-refractivity contribution in [3.63, 3.8) is 0 Å². The van der Waals surface area contributed by atoms with E-state index >= 15 is 0 Å². The number of Topliss-reactive ketones (excluding diaryl/α,β-unsaturated/α-hetero) is 1. The summed E-state index contributed by atoms with van der Waals surface area (Å²) in [6, 6.07) is -0.407. The van der Waals surface area contributed by atoms with Gasteiger partial charge in [-0.3, -0.25) is 9.59 Å². The number of carbonyl (C=O) groups excluding carboxylic acids is 2. The number of hydrogen-bond donors (Lipinski definition) is 2. The van der Waals surface area contributed by atoms with E-state index in [0.717, 1.165) is 0 Å². The fraction of sp³-hybridized carbons (Fsp3) is 0.778. The monoisotopic (exact) mass is 186 g/mol. The molecule has 0 aliphatic rings. The zero-order valence-corrected chi connectivity index (χ0v) is 8.68. The van der Waals surface area contributed by atoms with Crippen molar-refractivity contribution in [3.05, 3.63) is 0 Å². The van der Waals surface area contributed by atoms with Gasteiger partial charge in [0.1, 0.15) is 0 Å². The van der Waals surface area contributed by atoms with E-state index in [0.29, 0.717) is 6.42 Å². The van der Waals surface area contributed by atoms with Gasteiger partial charge in [0.05, 0.1) is 11.6 Å². The molecular weight excluding hydrogens is 168 g/mol. The lowest BCUT2D eigenvalue weighted by molar-refractivity contribution is -0.129. The van der Waals surface area contributed by atoms with Gasteiger partial charge in [-0.2, -0.15) is 0 Å². The van der Waals surface area contributed by atoms with E-state index in [-0.39, 0.29) is 11.7 Å². The Kier molecular flexibility index (Phi) is 4.07. The van der Waals surface area contributed by atoms with Crippen LogP contribution in [0.5, 0.6) is 0 Å². The van der Waals surface area contributed by atoms with Crippen LogP contribution in [0.4, 0.5) is 0 Å². The van der Waals surface area contributed by atoms with E-state index in [2.05, 4.69) is 5.32 Å². The third-order valence-electron chi connectivity index (χ3n) is 1.79. The molecule has 0 aromatic rings. The maximum atomic E-state index is 11.4. The molecule has 0 unspecified atom stereocenters. The smallest absolute Gasteiger partial charge is 0.240 e. The number of rotatable bonds is 4. The van der Waals surface area contributed by atoms with Gasteiger partial charge in [0, 0.05) is 0 Å². The lowest BCUT2D eigenvalue weighted by atomic mass is 10.0. The number of amides is 1. The molecule has 4 heteroatoms. The number of carbonyl (C=O) groups is 2. The first-order chi connectivity index (χ1) is 5.79. The molecule has 0 fully saturated rings. The molecule has 0 saturated carbocycles. The SMILES string of the molecule is CC[C@@H](NC(=O)C(C)(C)N)C(C)=O. The van der Waals surface area contributed by atoms with Gasteiger partial charge in [0.25, 0.3) is 0 Å². The molecule has 76 valence electrons. The minimum Gasteiger partial charge on any atom is -0.345 e. The van der Waals surface area contributed by atoms with Crippen LogP contribution >= 0.6 is 0 Å². The van der Waals surface area contributed by atoms with Crippen molar-refractivity contribution in [2.75, 3.05) is 0 Å². The summed E-state index contributed by atoms with van der Waals surface area (Å²) in [4.78, 5) is 22.3. The first kappa shape index (κ1) is 12.1. The highest BCUT2D eigenvalue weighted by molar-refractivity contribution is 5.91. The van der Waals surface area contributed by atoms with E-state index in [1.807, 2.05) is 6.92 Å². The predicted octanol–water partition coefficient (Wildman–Crippen LogP) is 0.207. The van der Waals surface area contributed by atoms with Crippen molar-refractivity contribution in [3.8, 4) is 0 Å².